The van der Waals surface area contributed by atoms with Crippen molar-refractivity contribution in [1.29, 1.82) is 0 Å². The molecule has 1 saturated carbocycles. The SMILES string of the molecule is O=C(OC1CCCC1)N1CCCC(N(Cc2cc(C(F)(F)F)cc(C(F)(F)F)c2)c2nn[nH]n2)c2cc3c(cc21)CCC3. The minimum Gasteiger partial charge on any atom is -0.446 e. The number of carbonyl (C=O) groups is 1. The zero-order valence-corrected chi connectivity index (χ0v) is 23.1. The number of H-pyrrole nitrogens is 1. The van der Waals surface area contributed by atoms with Crippen molar-refractivity contribution in [3.8, 4) is 0 Å². The Morgan fingerprint density at radius 1 is 0.907 bits per heavy atom. The Kier molecular flexibility index (Phi) is 7.71. The topological polar surface area (TPSA) is 87.2 Å². The maximum absolute atomic E-state index is 13.7. The predicted octanol–water partition coefficient (Wildman–Crippen LogP) is 7.15. The molecular formula is C29H30F6N6O2. The molecule has 0 saturated heterocycles. The van der Waals surface area contributed by atoms with Gasteiger partial charge < -0.3 is 9.64 Å². The maximum Gasteiger partial charge on any atom is 0.416 e. The second-order valence-electron chi connectivity index (χ2n) is 11.4. The highest BCUT2D eigenvalue weighted by Crippen LogP contribution is 2.43. The first-order valence-corrected chi connectivity index (χ1v) is 14.4. The number of hydrogen-bond acceptors (Lipinski definition) is 6. The first kappa shape index (κ1) is 29.2. The van der Waals surface area contributed by atoms with E-state index in [9.17, 15) is 31.1 Å². The number of anilines is 2. The quantitative estimate of drug-likeness (QED) is 0.310. The minimum absolute atomic E-state index is 0.0180. The number of hydrogen-bond donors (Lipinski definition) is 1. The second kappa shape index (κ2) is 11.3. The number of aryl methyl sites for hydroxylation is 2. The summed E-state index contributed by atoms with van der Waals surface area (Å²) in [6, 6.07) is 4.95. The van der Waals surface area contributed by atoms with E-state index in [0.29, 0.717) is 42.8 Å². The number of tetrazole rings is 1. The van der Waals surface area contributed by atoms with Crippen molar-refractivity contribution in [2.75, 3.05) is 16.3 Å². The monoisotopic (exact) mass is 608 g/mol. The highest BCUT2D eigenvalue weighted by molar-refractivity contribution is 5.89. The van der Waals surface area contributed by atoms with Gasteiger partial charge in [0.05, 0.1) is 22.9 Å². The van der Waals surface area contributed by atoms with Gasteiger partial charge in [-0.05, 0) is 110 Å². The van der Waals surface area contributed by atoms with Crippen LogP contribution in [0, 0.1) is 0 Å². The molecule has 3 aliphatic rings. The summed E-state index contributed by atoms with van der Waals surface area (Å²) >= 11 is 0. The highest BCUT2D eigenvalue weighted by Gasteiger charge is 2.39. The van der Waals surface area contributed by atoms with Gasteiger partial charge in [0, 0.05) is 13.1 Å². The molecule has 8 nitrogen and oxygen atoms in total. The first-order chi connectivity index (χ1) is 20.5. The molecule has 1 aliphatic heterocycles. The van der Waals surface area contributed by atoms with E-state index in [0.717, 1.165) is 56.1 Å². The van der Waals surface area contributed by atoms with Gasteiger partial charge in [-0.25, -0.2) is 4.79 Å². The molecule has 1 fully saturated rings. The Morgan fingerprint density at radius 3 is 2.21 bits per heavy atom. The number of alkyl halides is 6. The number of amides is 1. The number of aromatic nitrogens is 4. The molecule has 1 amide bonds. The van der Waals surface area contributed by atoms with E-state index in [-0.39, 0.29) is 30.2 Å². The molecule has 230 valence electrons. The molecule has 1 N–H and O–H groups in total. The van der Waals surface area contributed by atoms with Crippen LogP contribution >= 0.6 is 0 Å². The van der Waals surface area contributed by atoms with E-state index in [1.54, 1.807) is 9.80 Å². The van der Waals surface area contributed by atoms with Crippen LogP contribution in [-0.4, -0.2) is 39.4 Å². The van der Waals surface area contributed by atoms with Crippen LogP contribution in [0.3, 0.4) is 0 Å². The molecule has 1 atom stereocenters. The first-order valence-electron chi connectivity index (χ1n) is 14.4. The van der Waals surface area contributed by atoms with E-state index >= 15 is 0 Å². The van der Waals surface area contributed by atoms with E-state index in [1.165, 1.54) is 0 Å². The van der Waals surface area contributed by atoms with Crippen molar-refractivity contribution >= 4 is 17.7 Å². The number of halogens is 6. The Bertz CT molecular complexity index is 1440. The summed E-state index contributed by atoms with van der Waals surface area (Å²) in [5.74, 6) is 0.0180. The fourth-order valence-corrected chi connectivity index (χ4v) is 6.48. The smallest absolute Gasteiger partial charge is 0.416 e. The lowest BCUT2D eigenvalue weighted by molar-refractivity contribution is -0.143. The minimum atomic E-state index is -4.98. The van der Waals surface area contributed by atoms with Gasteiger partial charge >= 0.3 is 18.4 Å². The van der Waals surface area contributed by atoms with E-state index < -0.39 is 35.6 Å². The van der Waals surface area contributed by atoms with Gasteiger partial charge in [-0.15, -0.1) is 5.10 Å². The molecule has 1 unspecified atom stereocenters. The molecule has 1 aromatic heterocycles. The summed E-state index contributed by atoms with van der Waals surface area (Å²) in [6.45, 7) is -0.0179. The van der Waals surface area contributed by atoms with E-state index in [4.69, 9.17) is 4.74 Å². The fourth-order valence-electron chi connectivity index (χ4n) is 6.48. The van der Waals surface area contributed by atoms with Gasteiger partial charge in [-0.1, -0.05) is 11.2 Å². The molecule has 14 heteroatoms. The molecule has 0 bridgehead atoms. The summed E-state index contributed by atoms with van der Waals surface area (Å²) < 4.78 is 87.9. The lowest BCUT2D eigenvalue weighted by Gasteiger charge is -2.32. The van der Waals surface area contributed by atoms with Crippen molar-refractivity contribution in [1.82, 2.24) is 20.6 Å². The number of rotatable bonds is 5. The third-order valence-corrected chi connectivity index (χ3v) is 8.51. The summed E-state index contributed by atoms with van der Waals surface area (Å²) in [7, 11) is 0. The number of fused-ring (bicyclic) bond motifs is 2. The van der Waals surface area contributed by atoms with Crippen LogP contribution in [0.4, 0.5) is 42.8 Å². The number of nitrogens with one attached hydrogen (secondary N) is 1. The summed E-state index contributed by atoms with van der Waals surface area (Å²) in [4.78, 5) is 16.6. The number of aromatic amines is 1. The molecule has 2 aliphatic carbocycles. The predicted molar refractivity (Wildman–Crippen MR) is 143 cm³/mol. The molecule has 2 aromatic carbocycles. The molecule has 3 aromatic rings. The lowest BCUT2D eigenvalue weighted by Crippen LogP contribution is -2.35. The summed E-state index contributed by atoms with van der Waals surface area (Å²) in [5, 5.41) is 14.1. The van der Waals surface area contributed by atoms with Crippen LogP contribution in [-0.2, 0) is 36.5 Å². The van der Waals surface area contributed by atoms with Gasteiger partial charge in [0.2, 0.25) is 0 Å². The Hall–Kier alpha value is -3.84. The maximum atomic E-state index is 13.7. The summed E-state index contributed by atoms with van der Waals surface area (Å²) in [5.41, 5.74) is 0.541. The molecule has 2 heterocycles. The van der Waals surface area contributed by atoms with Crippen LogP contribution < -0.4 is 9.80 Å². The van der Waals surface area contributed by atoms with Gasteiger partial charge in [0.15, 0.2) is 0 Å². The van der Waals surface area contributed by atoms with Crippen molar-refractivity contribution in [2.24, 2.45) is 0 Å². The Balaban J connectivity index is 1.42. The zero-order chi connectivity index (χ0) is 30.4. The lowest BCUT2D eigenvalue weighted by atomic mass is 9.95. The number of carbonyl (C=O) groups excluding carboxylic acids is 1. The average Bonchev–Trinajstić information content (AvgIpc) is 3.72. The van der Waals surface area contributed by atoms with Gasteiger partial charge in [0.1, 0.15) is 6.10 Å². The largest absolute Gasteiger partial charge is 0.446 e. The molecule has 0 radical (unpaired) electrons. The Morgan fingerprint density at radius 2 is 1.58 bits per heavy atom. The molecule has 0 spiro atoms. The van der Waals surface area contributed by atoms with Crippen LogP contribution in [0.2, 0.25) is 0 Å². The van der Waals surface area contributed by atoms with Crippen molar-refractivity contribution in [3.05, 3.63) is 63.7 Å². The zero-order valence-electron chi connectivity index (χ0n) is 23.1. The van der Waals surface area contributed by atoms with Crippen molar-refractivity contribution in [3.63, 3.8) is 0 Å². The normalized spacial score (nSPS) is 19.2. The van der Waals surface area contributed by atoms with Crippen LogP contribution in [0.5, 0.6) is 0 Å². The van der Waals surface area contributed by atoms with E-state index in [2.05, 4.69) is 20.6 Å². The van der Waals surface area contributed by atoms with Gasteiger partial charge in [-0.2, -0.15) is 31.6 Å². The second-order valence-corrected chi connectivity index (χ2v) is 11.4. The molecule has 6 rings (SSSR count). The number of ether oxygens (including phenoxy) is 1. The number of nitrogens with zero attached hydrogens (tertiary/aromatic N) is 5. The van der Waals surface area contributed by atoms with Crippen molar-refractivity contribution in [2.45, 2.75) is 88.8 Å². The van der Waals surface area contributed by atoms with Crippen LogP contribution in [0.1, 0.15) is 84.4 Å². The Labute approximate surface area is 243 Å². The highest BCUT2D eigenvalue weighted by atomic mass is 19.4. The van der Waals surface area contributed by atoms with E-state index in [1.807, 2.05) is 12.1 Å². The van der Waals surface area contributed by atoms with Crippen molar-refractivity contribution < 1.29 is 35.9 Å². The number of benzene rings is 2. The van der Waals surface area contributed by atoms with Crippen LogP contribution in [0.15, 0.2) is 30.3 Å². The third-order valence-electron chi connectivity index (χ3n) is 8.51. The van der Waals surface area contributed by atoms with Gasteiger partial charge in [0.25, 0.3) is 5.95 Å². The molecular weight excluding hydrogens is 578 g/mol. The summed E-state index contributed by atoms with van der Waals surface area (Å²) in [6.07, 6.45) is -3.43. The standard InChI is InChI=1S/C29H30F6N6O2/c30-28(31,32)20-11-17(12-21(15-20)29(33,34)35)16-41(26-36-38-39-37-26)24-9-4-10-40(27(42)43-22-7-1-2-8-22)25-14-19-6-3-5-18(19)13-23(24)25/h11-15,22,24H,1-10,16H2,(H,36,37,38,39). The molecule has 43 heavy (non-hydrogen) atoms. The third kappa shape index (κ3) is 6.14. The fraction of sp³-hybridized carbons (Fsp3) is 0.517. The van der Waals surface area contributed by atoms with Crippen LogP contribution in [0.25, 0.3) is 0 Å². The van der Waals surface area contributed by atoms with Gasteiger partial charge in [-0.3, -0.25) is 4.90 Å². The average molecular weight is 609 g/mol.